The number of halogens is 3. The first-order valence-corrected chi connectivity index (χ1v) is 12.4. The van der Waals surface area contributed by atoms with Crippen LogP contribution in [0.3, 0.4) is 0 Å². The molecule has 3 fully saturated rings. The monoisotopic (exact) mass is 507 g/mol. The fourth-order valence-corrected chi connectivity index (χ4v) is 6.35. The van der Waals surface area contributed by atoms with Crippen LogP contribution < -0.4 is 4.90 Å². The van der Waals surface area contributed by atoms with Crippen LogP contribution in [0.2, 0.25) is 0 Å². The second kappa shape index (κ2) is 9.29. The largest absolute Gasteiger partial charge is 0.490 e. The molecule has 0 saturated carbocycles. The number of carboxylic acids is 1. The summed E-state index contributed by atoms with van der Waals surface area (Å²) in [5.41, 5.74) is -0.698. The van der Waals surface area contributed by atoms with Crippen molar-refractivity contribution in [2.75, 3.05) is 50.4 Å². The van der Waals surface area contributed by atoms with E-state index < -0.39 is 27.6 Å². The number of hydrogen-bond donors (Lipinski definition) is 1. The highest BCUT2D eigenvalue weighted by atomic mass is 32.2. The summed E-state index contributed by atoms with van der Waals surface area (Å²) in [5, 5.41) is 7.12. The van der Waals surface area contributed by atoms with Crippen molar-refractivity contribution in [3.8, 4) is 0 Å². The van der Waals surface area contributed by atoms with Gasteiger partial charge in [0.15, 0.2) is 0 Å². The molecule has 4 rings (SSSR count). The molecule has 14 heteroatoms. The first-order valence-electron chi connectivity index (χ1n) is 10.8. The normalized spacial score (nSPS) is 25.0. The first kappa shape index (κ1) is 26.1. The van der Waals surface area contributed by atoms with Crippen LogP contribution in [0.4, 0.5) is 19.1 Å². The summed E-state index contributed by atoms with van der Waals surface area (Å²) in [6.45, 7) is 4.72. The number of fused-ring (bicyclic) bond motifs is 1. The van der Waals surface area contributed by atoms with E-state index in [0.29, 0.717) is 45.0 Å². The number of rotatable bonds is 3. The lowest BCUT2D eigenvalue weighted by atomic mass is 9.60. The van der Waals surface area contributed by atoms with Gasteiger partial charge >= 0.3 is 12.1 Å². The van der Waals surface area contributed by atoms with Gasteiger partial charge in [0.05, 0.1) is 11.2 Å². The van der Waals surface area contributed by atoms with E-state index in [1.54, 1.807) is 29.7 Å². The molecule has 4 heterocycles. The van der Waals surface area contributed by atoms with Gasteiger partial charge in [-0.1, -0.05) is 0 Å². The predicted octanol–water partition coefficient (Wildman–Crippen LogP) is 1.21. The molecule has 1 amide bonds. The number of aliphatic carboxylic acids is 1. The molecule has 1 aromatic rings. The van der Waals surface area contributed by atoms with Gasteiger partial charge in [-0.3, -0.25) is 4.79 Å². The smallest absolute Gasteiger partial charge is 0.475 e. The Morgan fingerprint density at radius 2 is 1.68 bits per heavy atom. The van der Waals surface area contributed by atoms with Crippen LogP contribution >= 0.6 is 0 Å². The second-order valence-electron chi connectivity index (χ2n) is 8.85. The number of likely N-dealkylation sites (tertiary alicyclic amines) is 1. The number of amides is 1. The fraction of sp³-hybridized carbons (Fsp3) is 0.700. The Hall–Kier alpha value is -2.48. The Balaban J connectivity index is 0.000000406. The van der Waals surface area contributed by atoms with E-state index in [4.69, 9.17) is 9.90 Å². The highest BCUT2D eigenvalue weighted by Gasteiger charge is 2.65. The highest BCUT2D eigenvalue weighted by Crippen LogP contribution is 2.58. The minimum absolute atomic E-state index is 0.122. The number of sulfonamides is 1. The van der Waals surface area contributed by atoms with Gasteiger partial charge in [0, 0.05) is 57.6 Å². The van der Waals surface area contributed by atoms with Gasteiger partial charge in [-0.25, -0.2) is 27.5 Å². The SMILES string of the molecule is CCS(=O)(=O)N1CCC2(CC1)CN(c1ncccn1)CC21CCN(C)C1=O.O=C(O)C(F)(F)F. The van der Waals surface area contributed by atoms with Gasteiger partial charge < -0.3 is 14.9 Å². The number of anilines is 1. The number of hydrogen-bond acceptors (Lipinski definition) is 7. The first-order chi connectivity index (χ1) is 15.8. The van der Waals surface area contributed by atoms with Crippen molar-refractivity contribution in [3.63, 3.8) is 0 Å². The van der Waals surface area contributed by atoms with Crippen molar-refractivity contribution in [3.05, 3.63) is 18.5 Å². The summed E-state index contributed by atoms with van der Waals surface area (Å²) < 4.78 is 57.9. The lowest BCUT2D eigenvalue weighted by Gasteiger charge is -2.46. The van der Waals surface area contributed by atoms with Crippen molar-refractivity contribution in [1.29, 1.82) is 0 Å². The molecule has 0 radical (unpaired) electrons. The maximum Gasteiger partial charge on any atom is 0.490 e. The van der Waals surface area contributed by atoms with E-state index in [9.17, 15) is 26.4 Å². The van der Waals surface area contributed by atoms with Crippen molar-refractivity contribution in [1.82, 2.24) is 19.2 Å². The van der Waals surface area contributed by atoms with E-state index >= 15 is 0 Å². The van der Waals surface area contributed by atoms with E-state index in [0.717, 1.165) is 13.0 Å². The van der Waals surface area contributed by atoms with Crippen molar-refractivity contribution < 1.29 is 36.3 Å². The maximum absolute atomic E-state index is 13.2. The molecule has 1 unspecified atom stereocenters. The number of carbonyl (C=O) groups is 2. The van der Waals surface area contributed by atoms with Gasteiger partial charge in [0.2, 0.25) is 21.9 Å². The molecule has 34 heavy (non-hydrogen) atoms. The lowest BCUT2D eigenvalue weighted by Crippen LogP contribution is -2.53. The quantitative estimate of drug-likeness (QED) is 0.648. The summed E-state index contributed by atoms with van der Waals surface area (Å²) in [5.74, 6) is -1.79. The van der Waals surface area contributed by atoms with Crippen LogP contribution in [0.5, 0.6) is 0 Å². The summed E-state index contributed by atoms with van der Waals surface area (Å²) >= 11 is 0. The third-order valence-electron chi connectivity index (χ3n) is 7.11. The molecule has 3 saturated heterocycles. The number of piperidine rings is 1. The summed E-state index contributed by atoms with van der Waals surface area (Å²) in [6, 6.07) is 1.79. The van der Waals surface area contributed by atoms with Gasteiger partial charge in [-0.15, -0.1) is 0 Å². The van der Waals surface area contributed by atoms with E-state index in [1.165, 1.54) is 0 Å². The third kappa shape index (κ3) is 4.69. The van der Waals surface area contributed by atoms with Gasteiger partial charge in [-0.2, -0.15) is 13.2 Å². The molecule has 1 aromatic heterocycles. The Morgan fingerprint density at radius 1 is 1.12 bits per heavy atom. The number of alkyl halides is 3. The molecule has 2 spiro atoms. The van der Waals surface area contributed by atoms with E-state index in [2.05, 4.69) is 14.9 Å². The average molecular weight is 508 g/mol. The molecule has 1 atom stereocenters. The topological polar surface area (TPSA) is 124 Å². The number of nitrogens with zero attached hydrogens (tertiary/aromatic N) is 5. The van der Waals surface area contributed by atoms with Crippen LogP contribution in [0, 0.1) is 10.8 Å². The summed E-state index contributed by atoms with van der Waals surface area (Å²) in [6.07, 6.45) is 0.578. The Morgan fingerprint density at radius 3 is 2.12 bits per heavy atom. The molecule has 10 nitrogen and oxygen atoms in total. The van der Waals surface area contributed by atoms with Gasteiger partial charge in [-0.05, 0) is 32.3 Å². The average Bonchev–Trinajstić information content (AvgIpc) is 3.27. The number of carboxylic acid groups (broad SMARTS) is 1. The molecule has 3 aliphatic heterocycles. The molecular formula is C20H28F3N5O5S. The molecule has 190 valence electrons. The van der Waals surface area contributed by atoms with Crippen LogP contribution in [0.1, 0.15) is 26.2 Å². The Bertz CT molecular complexity index is 1020. The summed E-state index contributed by atoms with van der Waals surface area (Å²) in [4.78, 5) is 34.9. The standard InChI is InChI=1S/C18H27N5O3S.C2HF3O2/c1-3-27(25,26)23-11-5-17(6-12-23)13-22(16-19-8-4-9-20-16)14-18(17)7-10-21(2)15(18)24;3-2(4,5)1(6)7/h4,8-9H,3,5-7,10-14H2,1-2H3;(H,6,7). The second-order valence-corrected chi connectivity index (χ2v) is 11.1. The van der Waals surface area contributed by atoms with Crippen LogP contribution in [-0.2, 0) is 19.6 Å². The molecule has 0 bridgehead atoms. The van der Waals surface area contributed by atoms with Gasteiger partial charge in [0.1, 0.15) is 0 Å². The molecular weight excluding hydrogens is 479 g/mol. The minimum Gasteiger partial charge on any atom is -0.475 e. The molecule has 1 N–H and O–H groups in total. The minimum atomic E-state index is -5.08. The zero-order chi connectivity index (χ0) is 25.4. The van der Waals surface area contributed by atoms with E-state index in [1.807, 2.05) is 11.9 Å². The highest BCUT2D eigenvalue weighted by molar-refractivity contribution is 7.89. The van der Waals surface area contributed by atoms with Crippen molar-refractivity contribution in [2.45, 2.75) is 32.4 Å². The lowest BCUT2D eigenvalue weighted by molar-refractivity contribution is -0.192. The molecule has 0 aliphatic carbocycles. The number of carbonyl (C=O) groups excluding carboxylic acids is 1. The van der Waals surface area contributed by atoms with Crippen molar-refractivity contribution in [2.24, 2.45) is 10.8 Å². The fourth-order valence-electron chi connectivity index (χ4n) is 5.24. The molecule has 0 aromatic carbocycles. The molecule has 3 aliphatic rings. The Kier molecular flexibility index (Phi) is 7.14. The van der Waals surface area contributed by atoms with Crippen LogP contribution in [0.25, 0.3) is 0 Å². The zero-order valence-corrected chi connectivity index (χ0v) is 19.8. The van der Waals surface area contributed by atoms with Crippen LogP contribution in [-0.4, -0.2) is 96.3 Å². The van der Waals surface area contributed by atoms with Crippen LogP contribution in [0.15, 0.2) is 18.5 Å². The number of aromatic nitrogens is 2. The van der Waals surface area contributed by atoms with E-state index in [-0.39, 0.29) is 17.1 Å². The maximum atomic E-state index is 13.2. The van der Waals surface area contributed by atoms with Gasteiger partial charge in [0.25, 0.3) is 0 Å². The zero-order valence-electron chi connectivity index (χ0n) is 19.0. The Labute approximate surface area is 195 Å². The van der Waals surface area contributed by atoms with Crippen molar-refractivity contribution >= 4 is 27.8 Å². The third-order valence-corrected chi connectivity index (χ3v) is 9.00. The predicted molar refractivity (Wildman–Crippen MR) is 115 cm³/mol. The summed E-state index contributed by atoms with van der Waals surface area (Å²) in [7, 11) is -1.33.